The zero-order chi connectivity index (χ0) is 13.9. The Morgan fingerprint density at radius 2 is 1.94 bits per heavy atom. The predicted octanol–water partition coefficient (Wildman–Crippen LogP) is 4.47. The Balaban J connectivity index is 2.98. The van der Waals surface area contributed by atoms with Crippen LogP contribution in [0.4, 0.5) is 4.39 Å². The maximum atomic E-state index is 13.9. The molecular formula is C16H22FN. The molecule has 0 saturated heterocycles. The largest absolute Gasteiger partial charge is 0.296 e. The van der Waals surface area contributed by atoms with Gasteiger partial charge in [0.15, 0.2) is 5.79 Å². The van der Waals surface area contributed by atoms with E-state index in [9.17, 15) is 4.39 Å². The first kappa shape index (κ1) is 14.7. The maximum absolute atomic E-state index is 13.9. The van der Waals surface area contributed by atoms with E-state index >= 15 is 0 Å². The summed E-state index contributed by atoms with van der Waals surface area (Å²) in [5.74, 6) is -1.81. The van der Waals surface area contributed by atoms with Gasteiger partial charge in [0.1, 0.15) is 0 Å². The van der Waals surface area contributed by atoms with Crippen LogP contribution in [0.15, 0.2) is 36.9 Å². The van der Waals surface area contributed by atoms with Gasteiger partial charge in [-0.1, -0.05) is 24.3 Å². The molecule has 0 fully saturated rings. The second-order valence-electron chi connectivity index (χ2n) is 5.17. The Bertz CT molecular complexity index is 466. The fourth-order valence-electron chi connectivity index (χ4n) is 1.88. The zero-order valence-corrected chi connectivity index (χ0v) is 11.5. The third-order valence-corrected chi connectivity index (χ3v) is 3.03. The molecule has 0 amide bonds. The lowest BCUT2D eigenvalue weighted by Crippen LogP contribution is -2.28. The summed E-state index contributed by atoms with van der Waals surface area (Å²) in [6.07, 6.45) is 1.74. The SMILES string of the molecule is C=C(C)CCC(=C)c1ccc(C)c(C(C)(N)F)c1. The Kier molecular flexibility index (Phi) is 4.47. The molecule has 0 heterocycles. The van der Waals surface area contributed by atoms with E-state index in [1.165, 1.54) is 6.92 Å². The molecule has 2 N–H and O–H groups in total. The highest BCUT2D eigenvalue weighted by Gasteiger charge is 2.22. The highest BCUT2D eigenvalue weighted by Crippen LogP contribution is 2.28. The van der Waals surface area contributed by atoms with Crippen LogP contribution in [0.3, 0.4) is 0 Å². The number of rotatable bonds is 5. The van der Waals surface area contributed by atoms with E-state index < -0.39 is 5.79 Å². The topological polar surface area (TPSA) is 26.0 Å². The van der Waals surface area contributed by atoms with Crippen molar-refractivity contribution in [2.45, 2.75) is 39.4 Å². The molecule has 18 heavy (non-hydrogen) atoms. The summed E-state index contributed by atoms with van der Waals surface area (Å²) in [5, 5.41) is 0. The molecule has 1 rings (SSSR count). The average Bonchev–Trinajstić information content (AvgIpc) is 2.24. The van der Waals surface area contributed by atoms with Crippen molar-refractivity contribution in [3.05, 3.63) is 53.6 Å². The molecule has 2 heteroatoms. The van der Waals surface area contributed by atoms with Gasteiger partial charge in [0.2, 0.25) is 0 Å². The number of alkyl halides is 1. The number of hydrogen-bond donors (Lipinski definition) is 1. The van der Waals surface area contributed by atoms with Crippen molar-refractivity contribution in [3.63, 3.8) is 0 Å². The molecule has 1 aromatic rings. The number of aryl methyl sites for hydroxylation is 1. The van der Waals surface area contributed by atoms with Gasteiger partial charge in [-0.15, -0.1) is 6.58 Å². The third-order valence-electron chi connectivity index (χ3n) is 3.03. The number of halogens is 1. The van der Waals surface area contributed by atoms with Gasteiger partial charge in [0, 0.05) is 5.56 Å². The monoisotopic (exact) mass is 247 g/mol. The molecule has 0 aliphatic rings. The van der Waals surface area contributed by atoms with Crippen molar-refractivity contribution in [3.8, 4) is 0 Å². The first-order chi connectivity index (χ1) is 8.21. The maximum Gasteiger partial charge on any atom is 0.182 e. The molecule has 1 atom stereocenters. The summed E-state index contributed by atoms with van der Waals surface area (Å²) in [4.78, 5) is 0. The molecule has 0 bridgehead atoms. The van der Waals surface area contributed by atoms with Gasteiger partial charge in [-0.3, -0.25) is 5.73 Å². The molecule has 1 aromatic carbocycles. The van der Waals surface area contributed by atoms with E-state index in [1.54, 1.807) is 6.07 Å². The van der Waals surface area contributed by atoms with Crippen LogP contribution in [0.25, 0.3) is 5.57 Å². The minimum Gasteiger partial charge on any atom is -0.296 e. The van der Waals surface area contributed by atoms with Gasteiger partial charge in [-0.25, -0.2) is 4.39 Å². The minimum atomic E-state index is -1.81. The lowest BCUT2D eigenvalue weighted by molar-refractivity contribution is 0.202. The molecule has 0 aliphatic carbocycles. The first-order valence-corrected chi connectivity index (χ1v) is 6.13. The number of hydrogen-bond acceptors (Lipinski definition) is 1. The molecule has 1 unspecified atom stereocenters. The molecule has 0 aromatic heterocycles. The fourth-order valence-corrected chi connectivity index (χ4v) is 1.88. The van der Waals surface area contributed by atoms with Crippen LogP contribution < -0.4 is 5.73 Å². The van der Waals surface area contributed by atoms with Crippen LogP contribution in [-0.4, -0.2) is 0 Å². The van der Waals surface area contributed by atoms with Gasteiger partial charge in [-0.05, 0) is 56.4 Å². The van der Waals surface area contributed by atoms with Crippen molar-refractivity contribution < 1.29 is 4.39 Å². The summed E-state index contributed by atoms with van der Waals surface area (Å²) in [6.45, 7) is 13.1. The van der Waals surface area contributed by atoms with Crippen LogP contribution in [0.5, 0.6) is 0 Å². The quantitative estimate of drug-likeness (QED) is 0.603. The van der Waals surface area contributed by atoms with Gasteiger partial charge in [0.25, 0.3) is 0 Å². The molecule has 0 saturated carbocycles. The van der Waals surface area contributed by atoms with E-state index in [1.807, 2.05) is 26.0 Å². The van der Waals surface area contributed by atoms with Gasteiger partial charge < -0.3 is 0 Å². The van der Waals surface area contributed by atoms with Crippen molar-refractivity contribution in [1.82, 2.24) is 0 Å². The first-order valence-electron chi connectivity index (χ1n) is 6.13. The molecule has 0 radical (unpaired) electrons. The van der Waals surface area contributed by atoms with Crippen molar-refractivity contribution in [1.29, 1.82) is 0 Å². The average molecular weight is 247 g/mol. The summed E-state index contributed by atoms with van der Waals surface area (Å²) >= 11 is 0. The highest BCUT2D eigenvalue weighted by molar-refractivity contribution is 5.65. The van der Waals surface area contributed by atoms with Crippen LogP contribution in [-0.2, 0) is 5.79 Å². The van der Waals surface area contributed by atoms with Crippen molar-refractivity contribution in [2.24, 2.45) is 5.73 Å². The van der Waals surface area contributed by atoms with Crippen LogP contribution >= 0.6 is 0 Å². The van der Waals surface area contributed by atoms with Gasteiger partial charge in [0.05, 0.1) is 0 Å². The fraction of sp³-hybridized carbons (Fsp3) is 0.375. The van der Waals surface area contributed by atoms with E-state index in [-0.39, 0.29) is 0 Å². The summed E-state index contributed by atoms with van der Waals surface area (Å²) in [5.41, 5.74) is 9.99. The molecule has 1 nitrogen and oxygen atoms in total. The van der Waals surface area contributed by atoms with Crippen LogP contribution in [0.2, 0.25) is 0 Å². The summed E-state index contributed by atoms with van der Waals surface area (Å²) in [6, 6.07) is 5.66. The minimum absolute atomic E-state index is 0.525. The van der Waals surface area contributed by atoms with Crippen LogP contribution in [0.1, 0.15) is 43.4 Å². The standard InChI is InChI=1S/C16H22FN/c1-11(2)6-7-12(3)14-9-8-13(4)15(10-14)16(5,17)18/h8-10H,1,3,6-7,18H2,2,4-5H3. The molecular weight excluding hydrogens is 225 g/mol. The van der Waals surface area contributed by atoms with Crippen LogP contribution in [0, 0.1) is 6.92 Å². The van der Waals surface area contributed by atoms with E-state index in [0.29, 0.717) is 5.56 Å². The second-order valence-corrected chi connectivity index (χ2v) is 5.17. The third kappa shape index (κ3) is 3.81. The lowest BCUT2D eigenvalue weighted by atomic mass is 9.93. The molecule has 0 spiro atoms. The number of nitrogens with two attached hydrogens (primary N) is 1. The van der Waals surface area contributed by atoms with E-state index in [2.05, 4.69) is 13.2 Å². The smallest absolute Gasteiger partial charge is 0.182 e. The van der Waals surface area contributed by atoms with Gasteiger partial charge in [-0.2, -0.15) is 0 Å². The number of allylic oxidation sites excluding steroid dienone is 2. The van der Waals surface area contributed by atoms with E-state index in [0.717, 1.165) is 35.1 Å². The molecule has 98 valence electrons. The zero-order valence-electron chi connectivity index (χ0n) is 11.5. The normalized spacial score (nSPS) is 14.1. The van der Waals surface area contributed by atoms with Crippen molar-refractivity contribution >= 4 is 5.57 Å². The Morgan fingerprint density at radius 1 is 1.33 bits per heavy atom. The van der Waals surface area contributed by atoms with E-state index in [4.69, 9.17) is 5.73 Å². The Morgan fingerprint density at radius 3 is 2.44 bits per heavy atom. The van der Waals surface area contributed by atoms with Crippen molar-refractivity contribution in [2.75, 3.05) is 0 Å². The number of benzene rings is 1. The molecule has 0 aliphatic heterocycles. The van der Waals surface area contributed by atoms with Gasteiger partial charge >= 0.3 is 0 Å². The second kappa shape index (κ2) is 5.49. The summed E-state index contributed by atoms with van der Waals surface area (Å²) in [7, 11) is 0. The predicted molar refractivity (Wildman–Crippen MR) is 76.9 cm³/mol. The summed E-state index contributed by atoms with van der Waals surface area (Å²) < 4.78 is 13.9. The highest BCUT2D eigenvalue weighted by atomic mass is 19.1. The Hall–Kier alpha value is -1.41. The lowest BCUT2D eigenvalue weighted by Gasteiger charge is -2.19. The Labute approximate surface area is 109 Å².